The van der Waals surface area contributed by atoms with Crippen LogP contribution in [0.1, 0.15) is 64.2 Å². The largest absolute Gasteiger partial charge is 0.480 e. The van der Waals surface area contributed by atoms with Crippen molar-refractivity contribution in [3.63, 3.8) is 0 Å². The van der Waals surface area contributed by atoms with Gasteiger partial charge in [-0.3, -0.25) is 29.9 Å². The summed E-state index contributed by atoms with van der Waals surface area (Å²) in [5, 5.41) is 22.3. The van der Waals surface area contributed by atoms with Gasteiger partial charge in [-0.1, -0.05) is 32.1 Å². The first-order valence-corrected chi connectivity index (χ1v) is 13.4. The quantitative estimate of drug-likeness (QED) is 0.126. The normalized spacial score (nSPS) is 19.9. The highest BCUT2D eigenvalue weighted by Crippen LogP contribution is 2.29. The lowest BCUT2D eigenvalue weighted by atomic mass is 9.84. The molecule has 36 heavy (non-hydrogen) atoms. The predicted molar refractivity (Wildman–Crippen MR) is 137 cm³/mol. The third-order valence-electron chi connectivity index (χ3n) is 7.16. The number of guanidine groups is 1. The summed E-state index contributed by atoms with van der Waals surface area (Å²) in [5.41, 5.74) is 5.44. The summed E-state index contributed by atoms with van der Waals surface area (Å²) in [6.07, 6.45) is 7.95. The average Bonchev–Trinajstić information content (AvgIpc) is 3.35. The Bertz CT molecular complexity index is 791. The van der Waals surface area contributed by atoms with Crippen LogP contribution in [0.25, 0.3) is 0 Å². The van der Waals surface area contributed by atoms with Crippen molar-refractivity contribution >= 4 is 41.1 Å². The topological polar surface area (TPSA) is 169 Å². The summed E-state index contributed by atoms with van der Waals surface area (Å²) in [6.45, 7) is 0.530. The van der Waals surface area contributed by atoms with E-state index in [1.807, 2.05) is 0 Å². The standard InChI is InChI=1S/C24H41ClN6O5/c1-30(24(26)27)11-5-9-17(20(32)14-25)29-22(35)19-10-6-12-31(19)23(36)18(28-15-21(33)34)13-16-7-3-2-4-8-16/h16-19,28H,2-15H2,1H3,(H3,26,27)(H,29,35)(H,33,34)/t17-,18+,19-/m0/s1. The molecule has 1 aliphatic carbocycles. The first kappa shape index (κ1) is 29.8. The maximum Gasteiger partial charge on any atom is 0.317 e. The molecule has 3 atom stereocenters. The molecule has 0 spiro atoms. The Labute approximate surface area is 218 Å². The average molecular weight is 529 g/mol. The molecule has 2 rings (SSSR count). The van der Waals surface area contributed by atoms with Gasteiger partial charge in [0.25, 0.3) is 0 Å². The van der Waals surface area contributed by atoms with Crippen molar-refractivity contribution in [3.05, 3.63) is 0 Å². The molecule has 0 radical (unpaired) electrons. The summed E-state index contributed by atoms with van der Waals surface area (Å²) < 4.78 is 0. The van der Waals surface area contributed by atoms with Gasteiger partial charge in [0.2, 0.25) is 11.8 Å². The lowest BCUT2D eigenvalue weighted by Gasteiger charge is -2.32. The first-order valence-electron chi connectivity index (χ1n) is 12.8. The molecule has 1 saturated heterocycles. The van der Waals surface area contributed by atoms with Gasteiger partial charge in [0.15, 0.2) is 11.7 Å². The number of aliphatic carboxylic acids is 1. The first-order chi connectivity index (χ1) is 17.1. The minimum atomic E-state index is -1.04. The van der Waals surface area contributed by atoms with Gasteiger partial charge in [-0.2, -0.15) is 0 Å². The van der Waals surface area contributed by atoms with Crippen LogP contribution in [0.5, 0.6) is 0 Å². The van der Waals surface area contributed by atoms with Crippen LogP contribution >= 0.6 is 11.6 Å². The zero-order chi connectivity index (χ0) is 26.7. The number of rotatable bonds is 14. The van der Waals surface area contributed by atoms with Crippen LogP contribution in [0.3, 0.4) is 0 Å². The fourth-order valence-corrected chi connectivity index (χ4v) is 5.26. The number of alkyl halides is 1. The number of hydrogen-bond acceptors (Lipinski definition) is 6. The van der Waals surface area contributed by atoms with Gasteiger partial charge in [0.1, 0.15) is 6.04 Å². The molecule has 2 amide bonds. The fourth-order valence-electron chi connectivity index (χ4n) is 5.07. The van der Waals surface area contributed by atoms with Gasteiger partial charge in [0.05, 0.1) is 24.5 Å². The number of nitrogens with one attached hydrogen (secondary N) is 3. The van der Waals surface area contributed by atoms with E-state index in [4.69, 9.17) is 27.9 Å². The fraction of sp³-hybridized carbons (Fsp3) is 0.792. The lowest BCUT2D eigenvalue weighted by molar-refractivity contribution is -0.142. The van der Waals surface area contributed by atoms with Crippen molar-refractivity contribution < 1.29 is 24.3 Å². The molecule has 204 valence electrons. The van der Waals surface area contributed by atoms with Gasteiger partial charge in [-0.05, 0) is 38.0 Å². The SMILES string of the molecule is CN(CCC[C@H](NC(=O)[C@@H]1CCCN1C(=O)[C@@H](CC1CCCCC1)NCC(=O)O)C(=O)CCl)C(=N)N. The van der Waals surface area contributed by atoms with Crippen molar-refractivity contribution in [3.8, 4) is 0 Å². The Hall–Kier alpha value is -2.40. The van der Waals surface area contributed by atoms with E-state index in [-0.39, 0.29) is 30.1 Å². The van der Waals surface area contributed by atoms with Crippen molar-refractivity contribution in [1.82, 2.24) is 20.4 Å². The number of hydrogen-bond donors (Lipinski definition) is 5. The zero-order valence-electron chi connectivity index (χ0n) is 21.1. The van der Waals surface area contributed by atoms with Crippen molar-refractivity contribution in [2.24, 2.45) is 11.7 Å². The molecule has 1 saturated carbocycles. The summed E-state index contributed by atoms with van der Waals surface area (Å²) in [5.74, 6) is -2.00. The molecule has 0 aromatic rings. The molecule has 2 fully saturated rings. The molecule has 12 heteroatoms. The molecule has 11 nitrogen and oxygen atoms in total. The van der Waals surface area contributed by atoms with Crippen molar-refractivity contribution in [2.75, 3.05) is 32.6 Å². The molecule has 1 aliphatic heterocycles. The van der Waals surface area contributed by atoms with E-state index in [0.29, 0.717) is 51.1 Å². The number of carboxylic acids is 1. The minimum absolute atomic E-state index is 0.0846. The van der Waals surface area contributed by atoms with E-state index in [0.717, 1.165) is 25.7 Å². The monoisotopic (exact) mass is 528 g/mol. The number of Topliss-reactive ketones (excluding diaryl/α,β-unsaturated/α-hetero) is 1. The van der Waals surface area contributed by atoms with E-state index in [1.54, 1.807) is 7.05 Å². The number of halogens is 1. The van der Waals surface area contributed by atoms with Gasteiger partial charge in [0, 0.05) is 20.1 Å². The zero-order valence-corrected chi connectivity index (χ0v) is 21.9. The molecule has 0 aromatic carbocycles. The summed E-state index contributed by atoms with van der Waals surface area (Å²) in [4.78, 5) is 53.3. The van der Waals surface area contributed by atoms with Gasteiger partial charge < -0.3 is 26.0 Å². The van der Waals surface area contributed by atoms with E-state index in [9.17, 15) is 19.2 Å². The molecular formula is C24H41ClN6O5. The number of ketones is 1. The van der Waals surface area contributed by atoms with Crippen LogP contribution in [0.15, 0.2) is 0 Å². The van der Waals surface area contributed by atoms with Crippen LogP contribution in [-0.2, 0) is 19.2 Å². The lowest BCUT2D eigenvalue weighted by Crippen LogP contribution is -2.55. The second-order valence-corrected chi connectivity index (χ2v) is 10.1. The number of nitrogens with two attached hydrogens (primary N) is 1. The molecule has 0 bridgehead atoms. The summed E-state index contributed by atoms with van der Waals surface area (Å²) in [6, 6.07) is -2.18. The van der Waals surface area contributed by atoms with E-state index >= 15 is 0 Å². The molecule has 6 N–H and O–H groups in total. The Morgan fingerprint density at radius 2 is 1.83 bits per heavy atom. The van der Waals surface area contributed by atoms with Crippen molar-refractivity contribution in [2.45, 2.75) is 82.3 Å². The van der Waals surface area contributed by atoms with E-state index in [2.05, 4.69) is 10.6 Å². The highest BCUT2D eigenvalue weighted by atomic mass is 35.5. The number of carbonyl (C=O) groups is 4. The maximum atomic E-state index is 13.5. The Balaban J connectivity index is 2.05. The molecule has 0 unspecified atom stereocenters. The molecular weight excluding hydrogens is 488 g/mol. The van der Waals surface area contributed by atoms with Crippen LogP contribution in [0.4, 0.5) is 0 Å². The highest BCUT2D eigenvalue weighted by molar-refractivity contribution is 6.28. The maximum absolute atomic E-state index is 13.5. The van der Waals surface area contributed by atoms with E-state index < -0.39 is 30.0 Å². The second-order valence-electron chi connectivity index (χ2n) is 9.87. The number of carbonyl (C=O) groups excluding carboxylic acids is 3. The van der Waals surface area contributed by atoms with Gasteiger partial charge >= 0.3 is 5.97 Å². The van der Waals surface area contributed by atoms with Gasteiger partial charge in [-0.15, -0.1) is 11.6 Å². The van der Waals surface area contributed by atoms with Crippen LogP contribution < -0.4 is 16.4 Å². The molecule has 2 aliphatic rings. The Morgan fingerprint density at radius 3 is 2.44 bits per heavy atom. The number of likely N-dealkylation sites (tertiary alicyclic amines) is 1. The third kappa shape index (κ3) is 9.24. The Kier molecular flexibility index (Phi) is 12.4. The van der Waals surface area contributed by atoms with Crippen molar-refractivity contribution in [1.29, 1.82) is 5.41 Å². The smallest absolute Gasteiger partial charge is 0.317 e. The number of carboxylic acid groups (broad SMARTS) is 1. The van der Waals surface area contributed by atoms with Gasteiger partial charge in [-0.25, -0.2) is 0 Å². The highest BCUT2D eigenvalue weighted by Gasteiger charge is 2.39. The summed E-state index contributed by atoms with van der Waals surface area (Å²) in [7, 11) is 1.67. The predicted octanol–water partition coefficient (Wildman–Crippen LogP) is 0.889. The molecule has 1 heterocycles. The van der Waals surface area contributed by atoms with E-state index in [1.165, 1.54) is 16.2 Å². The second kappa shape index (κ2) is 15.0. The van der Waals surface area contributed by atoms with Crippen LogP contribution in [-0.4, -0.2) is 95.1 Å². The summed E-state index contributed by atoms with van der Waals surface area (Å²) >= 11 is 5.77. The molecule has 0 aromatic heterocycles. The van der Waals surface area contributed by atoms with Crippen LogP contribution in [0.2, 0.25) is 0 Å². The Morgan fingerprint density at radius 1 is 1.14 bits per heavy atom. The van der Waals surface area contributed by atoms with Crippen LogP contribution in [0, 0.1) is 11.3 Å². The minimum Gasteiger partial charge on any atom is -0.480 e. The third-order valence-corrected chi connectivity index (χ3v) is 7.43. The number of nitrogens with zero attached hydrogens (tertiary/aromatic N) is 2. The number of amides is 2.